The summed E-state index contributed by atoms with van der Waals surface area (Å²) in [5.74, 6) is 0.404. The van der Waals surface area contributed by atoms with Gasteiger partial charge in [-0.05, 0) is 56.3 Å². The van der Waals surface area contributed by atoms with Gasteiger partial charge in [-0.3, -0.25) is 0 Å². The maximum absolute atomic E-state index is 12.1. The summed E-state index contributed by atoms with van der Waals surface area (Å²) in [7, 11) is -3.68. The van der Waals surface area contributed by atoms with Crippen LogP contribution in [0, 0.1) is 6.92 Å². The van der Waals surface area contributed by atoms with E-state index < -0.39 is 10.1 Å². The first kappa shape index (κ1) is 17.5. The highest BCUT2D eigenvalue weighted by atomic mass is 32.2. The minimum atomic E-state index is -3.68. The summed E-state index contributed by atoms with van der Waals surface area (Å²) in [6.07, 6.45) is 1.09. The van der Waals surface area contributed by atoms with E-state index in [1.807, 2.05) is 30.3 Å². The van der Waals surface area contributed by atoms with Crippen LogP contribution < -0.4 is 4.18 Å². The molecule has 0 radical (unpaired) electrons. The molecule has 0 aliphatic rings. The summed E-state index contributed by atoms with van der Waals surface area (Å²) in [6.45, 7) is 2.15. The van der Waals surface area contributed by atoms with Gasteiger partial charge in [-0.2, -0.15) is 8.42 Å². The number of fused-ring (bicyclic) bond motifs is 4. The molecule has 6 rings (SSSR count). The van der Waals surface area contributed by atoms with Crippen LogP contribution in [0.15, 0.2) is 72.8 Å². The average molecular weight is 410 g/mol. The van der Waals surface area contributed by atoms with Crippen molar-refractivity contribution in [2.24, 2.45) is 0 Å². The molecular formula is C26H18O3S. The molecule has 0 amide bonds. The summed E-state index contributed by atoms with van der Waals surface area (Å²) in [4.78, 5) is 0. The van der Waals surface area contributed by atoms with Gasteiger partial charge in [0.2, 0.25) is 0 Å². The van der Waals surface area contributed by atoms with Gasteiger partial charge in [-0.1, -0.05) is 66.7 Å². The summed E-state index contributed by atoms with van der Waals surface area (Å²) in [6, 6.07) is 24.7. The molecule has 3 nitrogen and oxygen atoms in total. The number of aryl methyl sites for hydroxylation is 1. The van der Waals surface area contributed by atoms with Gasteiger partial charge in [0.15, 0.2) is 5.75 Å². The van der Waals surface area contributed by atoms with E-state index in [4.69, 9.17) is 4.18 Å². The van der Waals surface area contributed by atoms with E-state index in [0.717, 1.165) is 38.6 Å². The number of hydrogen-bond acceptors (Lipinski definition) is 3. The summed E-state index contributed by atoms with van der Waals surface area (Å²) >= 11 is 0. The predicted molar refractivity (Wildman–Crippen MR) is 125 cm³/mol. The maximum atomic E-state index is 12.1. The molecule has 0 spiro atoms. The van der Waals surface area contributed by atoms with E-state index >= 15 is 0 Å². The lowest BCUT2D eigenvalue weighted by atomic mass is 9.86. The molecule has 0 fully saturated rings. The SMILES string of the molecule is Cc1c2ccccc2c2ccc3c(OS(C)(=O)=O)c4ccccc4c4ccc1c2c34. The van der Waals surface area contributed by atoms with E-state index in [9.17, 15) is 8.42 Å². The van der Waals surface area contributed by atoms with E-state index in [1.165, 1.54) is 27.1 Å². The highest BCUT2D eigenvalue weighted by molar-refractivity contribution is 7.86. The zero-order valence-corrected chi connectivity index (χ0v) is 17.4. The van der Waals surface area contributed by atoms with E-state index in [-0.39, 0.29) is 0 Å². The molecule has 0 bridgehead atoms. The maximum Gasteiger partial charge on any atom is 0.306 e. The Morgan fingerprint density at radius 3 is 1.67 bits per heavy atom. The van der Waals surface area contributed by atoms with Gasteiger partial charge in [-0.15, -0.1) is 0 Å². The van der Waals surface area contributed by atoms with E-state index in [0.29, 0.717) is 5.75 Å². The lowest BCUT2D eigenvalue weighted by Crippen LogP contribution is -2.07. The Kier molecular flexibility index (Phi) is 3.40. The minimum Gasteiger partial charge on any atom is -0.381 e. The molecule has 0 aliphatic carbocycles. The van der Waals surface area contributed by atoms with Crippen LogP contribution in [0.3, 0.4) is 0 Å². The quantitative estimate of drug-likeness (QED) is 0.185. The van der Waals surface area contributed by atoms with Gasteiger partial charge >= 0.3 is 10.1 Å². The second-order valence-corrected chi connectivity index (χ2v) is 9.48. The second-order valence-electron chi connectivity index (χ2n) is 7.90. The first-order valence-corrected chi connectivity index (χ1v) is 11.7. The number of rotatable bonds is 2. The largest absolute Gasteiger partial charge is 0.381 e. The number of hydrogen-bond donors (Lipinski definition) is 0. The van der Waals surface area contributed by atoms with Crippen molar-refractivity contribution in [2.45, 2.75) is 6.92 Å². The molecule has 0 heterocycles. The van der Waals surface area contributed by atoms with Crippen LogP contribution in [0.25, 0.3) is 53.9 Å². The van der Waals surface area contributed by atoms with Crippen LogP contribution in [0.1, 0.15) is 5.56 Å². The fraction of sp³-hybridized carbons (Fsp3) is 0.0769. The Morgan fingerprint density at radius 1 is 0.567 bits per heavy atom. The van der Waals surface area contributed by atoms with Crippen molar-refractivity contribution in [3.8, 4) is 5.75 Å². The smallest absolute Gasteiger partial charge is 0.306 e. The summed E-state index contributed by atoms with van der Waals surface area (Å²) in [5.41, 5.74) is 1.23. The average Bonchev–Trinajstić information content (AvgIpc) is 2.74. The molecule has 0 saturated heterocycles. The van der Waals surface area contributed by atoms with Gasteiger partial charge in [0.1, 0.15) is 0 Å². The number of benzene rings is 6. The first-order chi connectivity index (χ1) is 14.4. The van der Waals surface area contributed by atoms with Gasteiger partial charge < -0.3 is 4.18 Å². The Morgan fingerprint density at radius 2 is 1.03 bits per heavy atom. The van der Waals surface area contributed by atoms with E-state index in [1.54, 1.807) is 0 Å². The van der Waals surface area contributed by atoms with Crippen molar-refractivity contribution in [3.05, 3.63) is 78.4 Å². The molecule has 0 atom stereocenters. The molecule has 0 N–H and O–H groups in total. The zero-order chi connectivity index (χ0) is 20.6. The van der Waals surface area contributed by atoms with Gasteiger partial charge in [0.25, 0.3) is 0 Å². The Balaban J connectivity index is 1.96. The van der Waals surface area contributed by atoms with Gasteiger partial charge in [0, 0.05) is 16.2 Å². The molecule has 146 valence electrons. The molecular weight excluding hydrogens is 392 g/mol. The van der Waals surface area contributed by atoms with Crippen molar-refractivity contribution in [2.75, 3.05) is 6.26 Å². The van der Waals surface area contributed by atoms with E-state index in [2.05, 4.69) is 49.4 Å². The Labute approximate surface area is 173 Å². The lowest BCUT2D eigenvalue weighted by molar-refractivity contribution is 0.498. The molecule has 30 heavy (non-hydrogen) atoms. The molecule has 6 aromatic rings. The Bertz CT molecular complexity index is 1750. The minimum absolute atomic E-state index is 0.404. The molecule has 6 aromatic carbocycles. The molecule has 0 unspecified atom stereocenters. The lowest BCUT2D eigenvalue weighted by Gasteiger charge is -2.19. The highest BCUT2D eigenvalue weighted by Gasteiger charge is 2.20. The predicted octanol–water partition coefficient (Wildman–Crippen LogP) is 6.54. The normalized spacial score (nSPS) is 12.6. The third-order valence-corrected chi connectivity index (χ3v) is 6.60. The third-order valence-electron chi connectivity index (χ3n) is 6.13. The monoisotopic (exact) mass is 410 g/mol. The van der Waals surface area contributed by atoms with Crippen LogP contribution >= 0.6 is 0 Å². The Hall–Kier alpha value is -3.37. The van der Waals surface area contributed by atoms with Gasteiger partial charge in [-0.25, -0.2) is 0 Å². The second kappa shape index (κ2) is 5.83. The fourth-order valence-electron chi connectivity index (χ4n) is 4.94. The van der Waals surface area contributed by atoms with Crippen molar-refractivity contribution in [1.29, 1.82) is 0 Å². The van der Waals surface area contributed by atoms with Gasteiger partial charge in [0.05, 0.1) is 6.26 Å². The van der Waals surface area contributed by atoms with Crippen LogP contribution in [0.2, 0.25) is 0 Å². The third kappa shape index (κ3) is 2.28. The fourth-order valence-corrected chi connectivity index (χ4v) is 5.42. The zero-order valence-electron chi connectivity index (χ0n) is 16.6. The van der Waals surface area contributed by atoms with Crippen LogP contribution in [-0.4, -0.2) is 14.7 Å². The molecule has 0 aliphatic heterocycles. The molecule has 0 aromatic heterocycles. The van der Waals surface area contributed by atoms with Crippen LogP contribution in [0.4, 0.5) is 0 Å². The van der Waals surface area contributed by atoms with Crippen molar-refractivity contribution in [1.82, 2.24) is 0 Å². The van der Waals surface area contributed by atoms with Crippen molar-refractivity contribution < 1.29 is 12.6 Å². The van der Waals surface area contributed by atoms with Crippen LogP contribution in [-0.2, 0) is 10.1 Å². The van der Waals surface area contributed by atoms with Crippen LogP contribution in [0.5, 0.6) is 5.75 Å². The van der Waals surface area contributed by atoms with Crippen molar-refractivity contribution >= 4 is 64.0 Å². The summed E-state index contributed by atoms with van der Waals surface area (Å²) < 4.78 is 29.8. The standard InChI is InChI=1S/C26H18O3S/c1-15-16-7-3-4-8-18(16)20-13-14-23-25-21(12-11-17(15)24(20)25)19-9-5-6-10-22(19)26(23)29-30(2,27)28/h3-14H,1-2H3. The summed E-state index contributed by atoms with van der Waals surface area (Å²) in [5, 5.41) is 10.7. The molecule has 4 heteroatoms. The first-order valence-electron chi connectivity index (χ1n) is 9.84. The highest BCUT2D eigenvalue weighted by Crippen LogP contribution is 2.47. The molecule has 0 saturated carbocycles. The van der Waals surface area contributed by atoms with Crippen molar-refractivity contribution in [3.63, 3.8) is 0 Å². The topological polar surface area (TPSA) is 43.4 Å².